The lowest BCUT2D eigenvalue weighted by Gasteiger charge is -2.32. The second-order valence-electron chi connectivity index (χ2n) is 7.06. The minimum Gasteiger partial charge on any atom is -0.398 e. The van der Waals surface area contributed by atoms with Crippen LogP contribution < -0.4 is 5.59 Å². The lowest BCUT2D eigenvalue weighted by Crippen LogP contribution is -2.41. The van der Waals surface area contributed by atoms with E-state index in [1.165, 1.54) is 5.56 Å². The van der Waals surface area contributed by atoms with Crippen LogP contribution in [-0.2, 0) is 16.4 Å². The molecule has 3 rings (SSSR count). The van der Waals surface area contributed by atoms with Crippen LogP contribution in [0.1, 0.15) is 33.3 Å². The van der Waals surface area contributed by atoms with Gasteiger partial charge in [-0.05, 0) is 40.7 Å². The Morgan fingerprint density at radius 3 is 2.32 bits per heavy atom. The Hall–Kier alpha value is -1.59. The van der Waals surface area contributed by atoms with Crippen LogP contribution in [-0.4, -0.2) is 27.9 Å². The summed E-state index contributed by atoms with van der Waals surface area (Å²) in [4.78, 5) is 4.75. The van der Waals surface area contributed by atoms with E-state index >= 15 is 0 Å². The van der Waals surface area contributed by atoms with Crippen molar-refractivity contribution in [2.45, 2.75) is 45.8 Å². The zero-order valence-electron chi connectivity index (χ0n) is 14.2. The number of nitrogens with zero attached hydrogens (tertiary/aromatic N) is 2. The zero-order chi connectivity index (χ0) is 16.1. The SMILES string of the molecule is Cc1cccc(-c2nc(B3OC(C)(C)C(C)(C)O3)cn2C)c1. The first-order valence-corrected chi connectivity index (χ1v) is 7.65. The quantitative estimate of drug-likeness (QED) is 0.800. The van der Waals surface area contributed by atoms with Gasteiger partial charge in [0.1, 0.15) is 5.82 Å². The number of rotatable bonds is 2. The smallest absolute Gasteiger partial charge is 0.398 e. The van der Waals surface area contributed by atoms with Crippen molar-refractivity contribution < 1.29 is 9.31 Å². The Morgan fingerprint density at radius 1 is 1.09 bits per heavy atom. The maximum absolute atomic E-state index is 6.08. The highest BCUT2D eigenvalue weighted by molar-refractivity contribution is 6.61. The van der Waals surface area contributed by atoms with Crippen LogP contribution in [0.4, 0.5) is 0 Å². The van der Waals surface area contributed by atoms with Crippen LogP contribution >= 0.6 is 0 Å². The van der Waals surface area contributed by atoms with E-state index in [0.29, 0.717) is 0 Å². The minimum atomic E-state index is -0.422. The van der Waals surface area contributed by atoms with Crippen molar-refractivity contribution >= 4 is 12.7 Å². The van der Waals surface area contributed by atoms with Gasteiger partial charge in [-0.2, -0.15) is 0 Å². The van der Waals surface area contributed by atoms with Gasteiger partial charge < -0.3 is 13.9 Å². The lowest BCUT2D eigenvalue weighted by molar-refractivity contribution is 0.00578. The van der Waals surface area contributed by atoms with E-state index in [1.807, 2.05) is 23.9 Å². The van der Waals surface area contributed by atoms with Gasteiger partial charge in [0.25, 0.3) is 0 Å². The average molecular weight is 298 g/mol. The number of hydrogen-bond donors (Lipinski definition) is 0. The molecule has 4 nitrogen and oxygen atoms in total. The van der Waals surface area contributed by atoms with Gasteiger partial charge in [0.05, 0.1) is 16.8 Å². The standard InChI is InChI=1S/C17H23BN2O2/c1-12-8-7-9-13(10-12)15-19-14(11-20(15)6)18-21-16(2,3)17(4,5)22-18/h7-11H,1-6H3. The van der Waals surface area contributed by atoms with Crippen LogP contribution in [0.3, 0.4) is 0 Å². The van der Waals surface area contributed by atoms with Gasteiger partial charge in [0, 0.05) is 18.8 Å². The van der Waals surface area contributed by atoms with Crippen molar-refractivity contribution in [2.75, 3.05) is 0 Å². The summed E-state index contributed by atoms with van der Waals surface area (Å²) in [6, 6.07) is 8.34. The van der Waals surface area contributed by atoms with Gasteiger partial charge in [-0.3, -0.25) is 0 Å². The molecule has 5 heteroatoms. The molecule has 0 spiro atoms. The van der Waals surface area contributed by atoms with E-state index in [0.717, 1.165) is 17.0 Å². The molecule has 1 fully saturated rings. The molecule has 2 aromatic rings. The molecule has 2 heterocycles. The van der Waals surface area contributed by atoms with Gasteiger partial charge in [0.2, 0.25) is 0 Å². The first-order valence-electron chi connectivity index (χ1n) is 7.65. The van der Waals surface area contributed by atoms with Crippen LogP contribution in [0.2, 0.25) is 0 Å². The summed E-state index contributed by atoms with van der Waals surface area (Å²) in [6.45, 7) is 10.3. The highest BCUT2D eigenvalue weighted by Crippen LogP contribution is 2.36. The number of imidazole rings is 1. The molecular weight excluding hydrogens is 275 g/mol. The zero-order valence-corrected chi connectivity index (χ0v) is 14.2. The van der Waals surface area contributed by atoms with Crippen molar-refractivity contribution in [3.63, 3.8) is 0 Å². The molecule has 0 aliphatic carbocycles. The highest BCUT2D eigenvalue weighted by Gasteiger charge is 2.52. The second-order valence-corrected chi connectivity index (χ2v) is 7.06. The molecule has 116 valence electrons. The molecule has 0 N–H and O–H groups in total. The van der Waals surface area contributed by atoms with Crippen LogP contribution in [0.25, 0.3) is 11.4 Å². The predicted octanol–water partition coefficient (Wildman–Crippen LogP) is 2.69. The Kier molecular flexibility index (Phi) is 3.46. The van der Waals surface area contributed by atoms with Crippen molar-refractivity contribution in [2.24, 2.45) is 7.05 Å². The molecule has 1 aliphatic rings. The molecule has 0 bridgehead atoms. The molecule has 1 aromatic heterocycles. The van der Waals surface area contributed by atoms with Gasteiger partial charge in [-0.25, -0.2) is 4.98 Å². The van der Waals surface area contributed by atoms with E-state index in [-0.39, 0.29) is 11.2 Å². The summed E-state index contributed by atoms with van der Waals surface area (Å²) in [5.41, 5.74) is 2.44. The first-order chi connectivity index (χ1) is 10.2. The Labute approximate surface area is 132 Å². The first kappa shape index (κ1) is 15.3. The Balaban J connectivity index is 1.94. The monoisotopic (exact) mass is 298 g/mol. The summed E-state index contributed by atoms with van der Waals surface area (Å²) in [7, 11) is 1.58. The van der Waals surface area contributed by atoms with Gasteiger partial charge in [-0.1, -0.05) is 23.8 Å². The summed E-state index contributed by atoms with van der Waals surface area (Å²) in [6.07, 6.45) is 1.99. The molecule has 0 unspecified atom stereocenters. The Bertz CT molecular complexity index is 690. The maximum Gasteiger partial charge on any atom is 0.516 e. The van der Waals surface area contributed by atoms with Crippen molar-refractivity contribution in [1.29, 1.82) is 0 Å². The summed E-state index contributed by atoms with van der Waals surface area (Å²) < 4.78 is 14.2. The highest BCUT2D eigenvalue weighted by atomic mass is 16.7. The number of aryl methyl sites for hydroxylation is 2. The lowest BCUT2D eigenvalue weighted by atomic mass is 9.86. The van der Waals surface area contributed by atoms with E-state index in [1.54, 1.807) is 0 Å². The second kappa shape index (κ2) is 4.96. The van der Waals surface area contributed by atoms with Gasteiger partial charge in [-0.15, -0.1) is 0 Å². The van der Waals surface area contributed by atoms with Gasteiger partial charge in [0.15, 0.2) is 0 Å². The third-order valence-electron chi connectivity index (χ3n) is 4.67. The molecule has 1 aliphatic heterocycles. The molecule has 1 aromatic carbocycles. The molecule has 0 atom stereocenters. The van der Waals surface area contributed by atoms with Crippen LogP contribution in [0, 0.1) is 6.92 Å². The van der Waals surface area contributed by atoms with E-state index in [4.69, 9.17) is 14.3 Å². The molecular formula is C17H23BN2O2. The summed E-state index contributed by atoms with van der Waals surface area (Å²) in [5, 5.41) is 0. The molecule has 0 amide bonds. The number of hydrogen-bond acceptors (Lipinski definition) is 3. The van der Waals surface area contributed by atoms with Gasteiger partial charge >= 0.3 is 7.12 Å². The predicted molar refractivity (Wildman–Crippen MR) is 89.1 cm³/mol. The topological polar surface area (TPSA) is 36.3 Å². The number of benzene rings is 1. The van der Waals surface area contributed by atoms with Crippen LogP contribution in [0.5, 0.6) is 0 Å². The molecule has 0 radical (unpaired) electrons. The fraction of sp³-hybridized carbons (Fsp3) is 0.471. The van der Waals surface area contributed by atoms with E-state index in [9.17, 15) is 0 Å². The molecule has 22 heavy (non-hydrogen) atoms. The average Bonchev–Trinajstić information content (AvgIpc) is 2.88. The van der Waals surface area contributed by atoms with E-state index in [2.05, 4.69) is 52.8 Å². The normalized spacial score (nSPS) is 19.6. The molecule has 0 saturated carbocycles. The van der Waals surface area contributed by atoms with Crippen LogP contribution in [0.15, 0.2) is 30.5 Å². The third-order valence-corrected chi connectivity index (χ3v) is 4.67. The largest absolute Gasteiger partial charge is 0.516 e. The molecule has 1 saturated heterocycles. The van der Waals surface area contributed by atoms with Crippen molar-refractivity contribution in [3.05, 3.63) is 36.0 Å². The fourth-order valence-electron chi connectivity index (χ4n) is 2.62. The van der Waals surface area contributed by atoms with Crippen molar-refractivity contribution in [1.82, 2.24) is 9.55 Å². The third kappa shape index (κ3) is 2.48. The Morgan fingerprint density at radius 2 is 1.73 bits per heavy atom. The fourth-order valence-corrected chi connectivity index (χ4v) is 2.62. The summed E-state index contributed by atoms with van der Waals surface area (Å²) >= 11 is 0. The minimum absolute atomic E-state index is 0.349. The number of aromatic nitrogens is 2. The van der Waals surface area contributed by atoms with E-state index < -0.39 is 7.12 Å². The summed E-state index contributed by atoms with van der Waals surface area (Å²) in [5.74, 6) is 0.924. The van der Waals surface area contributed by atoms with Crippen molar-refractivity contribution in [3.8, 4) is 11.4 Å². The maximum atomic E-state index is 6.08.